The number of benzene rings is 2. The summed E-state index contributed by atoms with van der Waals surface area (Å²) in [6, 6.07) is 17.2. The van der Waals surface area contributed by atoms with E-state index in [1.165, 1.54) is 22.5 Å². The lowest BCUT2D eigenvalue weighted by atomic mass is 10.0. The summed E-state index contributed by atoms with van der Waals surface area (Å²) in [7, 11) is 2.18. The summed E-state index contributed by atoms with van der Waals surface area (Å²) in [6.45, 7) is 4.26. The molecular weight excluding hydrogens is 232 g/mol. The number of hydrogen-bond acceptors (Lipinski definition) is 2. The van der Waals surface area contributed by atoms with E-state index in [9.17, 15) is 0 Å². The van der Waals surface area contributed by atoms with Gasteiger partial charge in [-0.3, -0.25) is 0 Å². The number of nitrogens with zero attached hydrogens (tertiary/aromatic N) is 1. The Bertz CT molecular complexity index is 577. The molecule has 2 aromatic rings. The highest BCUT2D eigenvalue weighted by Crippen LogP contribution is 2.32. The Balaban J connectivity index is 1.78. The first kappa shape index (κ1) is 12.1. The third-order valence-electron chi connectivity index (χ3n) is 3.96. The molecule has 3 rings (SSSR count). The van der Waals surface area contributed by atoms with Gasteiger partial charge in [0.25, 0.3) is 0 Å². The van der Waals surface area contributed by atoms with Gasteiger partial charge in [0.2, 0.25) is 0 Å². The van der Waals surface area contributed by atoms with Gasteiger partial charge in [-0.2, -0.15) is 0 Å². The quantitative estimate of drug-likeness (QED) is 0.897. The lowest BCUT2D eigenvalue weighted by molar-refractivity contribution is 0.727. The molecule has 0 saturated heterocycles. The molecule has 1 aliphatic heterocycles. The van der Waals surface area contributed by atoms with Crippen LogP contribution in [0, 0.1) is 6.92 Å². The van der Waals surface area contributed by atoms with E-state index in [0.717, 1.165) is 13.1 Å². The first-order valence-electron chi connectivity index (χ1n) is 6.85. The zero-order valence-corrected chi connectivity index (χ0v) is 11.6. The normalized spacial score (nSPS) is 16.8. The third-order valence-corrected chi connectivity index (χ3v) is 3.96. The average molecular weight is 252 g/mol. The van der Waals surface area contributed by atoms with Crippen LogP contribution in [0.3, 0.4) is 0 Å². The van der Waals surface area contributed by atoms with E-state index in [2.05, 4.69) is 72.7 Å². The standard InChI is InChI=1S/C17H20N2/c1-13-7-3-6-10-17(13)19(2)12-14-11-18-16-9-5-4-8-15(14)16/h3-10,14,18H,11-12H2,1-2H3. The molecule has 1 aliphatic rings. The summed E-state index contributed by atoms with van der Waals surface area (Å²) < 4.78 is 0. The van der Waals surface area contributed by atoms with Crippen LogP contribution in [0.2, 0.25) is 0 Å². The Morgan fingerprint density at radius 1 is 1.11 bits per heavy atom. The van der Waals surface area contributed by atoms with Crippen LogP contribution in [-0.2, 0) is 0 Å². The van der Waals surface area contributed by atoms with Gasteiger partial charge >= 0.3 is 0 Å². The van der Waals surface area contributed by atoms with Gasteiger partial charge in [0.15, 0.2) is 0 Å². The first-order valence-corrected chi connectivity index (χ1v) is 6.85. The molecule has 1 N–H and O–H groups in total. The van der Waals surface area contributed by atoms with Crippen LogP contribution >= 0.6 is 0 Å². The van der Waals surface area contributed by atoms with Crippen molar-refractivity contribution in [2.45, 2.75) is 12.8 Å². The number of hydrogen-bond donors (Lipinski definition) is 1. The molecule has 2 aromatic carbocycles. The molecule has 1 atom stereocenters. The van der Waals surface area contributed by atoms with Crippen molar-refractivity contribution in [1.82, 2.24) is 0 Å². The van der Waals surface area contributed by atoms with Gasteiger partial charge in [-0.15, -0.1) is 0 Å². The topological polar surface area (TPSA) is 15.3 Å². The number of likely N-dealkylation sites (N-methyl/N-ethyl adjacent to an activating group) is 1. The number of anilines is 2. The molecule has 2 nitrogen and oxygen atoms in total. The van der Waals surface area contributed by atoms with Gasteiger partial charge in [0.1, 0.15) is 0 Å². The van der Waals surface area contributed by atoms with Crippen molar-refractivity contribution in [3.05, 3.63) is 59.7 Å². The number of fused-ring (bicyclic) bond motifs is 1. The molecule has 0 amide bonds. The Morgan fingerprint density at radius 2 is 1.84 bits per heavy atom. The lowest BCUT2D eigenvalue weighted by Crippen LogP contribution is -2.25. The maximum Gasteiger partial charge on any atom is 0.0393 e. The van der Waals surface area contributed by atoms with Crippen molar-refractivity contribution in [3.63, 3.8) is 0 Å². The van der Waals surface area contributed by atoms with Gasteiger partial charge in [-0.25, -0.2) is 0 Å². The Hall–Kier alpha value is -1.96. The second-order valence-electron chi connectivity index (χ2n) is 5.33. The molecule has 2 heteroatoms. The molecule has 98 valence electrons. The minimum absolute atomic E-state index is 0.570. The lowest BCUT2D eigenvalue weighted by Gasteiger charge is -2.24. The predicted molar refractivity (Wildman–Crippen MR) is 82.1 cm³/mol. The summed E-state index contributed by atoms with van der Waals surface area (Å²) in [5.41, 5.74) is 5.41. The minimum atomic E-state index is 0.570. The van der Waals surface area contributed by atoms with Crippen LogP contribution < -0.4 is 10.2 Å². The van der Waals surface area contributed by atoms with E-state index in [1.807, 2.05) is 0 Å². The van der Waals surface area contributed by atoms with Crippen LogP contribution in [-0.4, -0.2) is 20.1 Å². The highest BCUT2D eigenvalue weighted by molar-refractivity contribution is 5.59. The minimum Gasteiger partial charge on any atom is -0.384 e. The Kier molecular flexibility index (Phi) is 3.16. The maximum atomic E-state index is 3.49. The number of aryl methyl sites for hydroxylation is 1. The fraction of sp³-hybridized carbons (Fsp3) is 0.294. The molecule has 0 aromatic heterocycles. The van der Waals surface area contributed by atoms with E-state index in [0.29, 0.717) is 5.92 Å². The monoisotopic (exact) mass is 252 g/mol. The van der Waals surface area contributed by atoms with Crippen LogP contribution in [0.4, 0.5) is 11.4 Å². The molecule has 0 saturated carbocycles. The number of nitrogens with one attached hydrogen (secondary N) is 1. The van der Waals surface area contributed by atoms with E-state index < -0.39 is 0 Å². The van der Waals surface area contributed by atoms with Crippen molar-refractivity contribution in [3.8, 4) is 0 Å². The van der Waals surface area contributed by atoms with Crippen LogP contribution in [0.15, 0.2) is 48.5 Å². The highest BCUT2D eigenvalue weighted by Gasteiger charge is 2.23. The van der Waals surface area contributed by atoms with Gasteiger partial charge in [-0.05, 0) is 30.2 Å². The van der Waals surface area contributed by atoms with E-state index in [1.54, 1.807) is 0 Å². The zero-order valence-electron chi connectivity index (χ0n) is 11.6. The van der Waals surface area contributed by atoms with Crippen molar-refractivity contribution >= 4 is 11.4 Å². The average Bonchev–Trinajstić information content (AvgIpc) is 2.83. The molecule has 0 bridgehead atoms. The van der Waals surface area contributed by atoms with E-state index in [-0.39, 0.29) is 0 Å². The predicted octanol–water partition coefficient (Wildman–Crippen LogP) is 3.64. The molecular formula is C17H20N2. The second kappa shape index (κ2) is 4.96. The smallest absolute Gasteiger partial charge is 0.0393 e. The highest BCUT2D eigenvalue weighted by atomic mass is 15.1. The Labute approximate surface area is 115 Å². The summed E-state index contributed by atoms with van der Waals surface area (Å²) in [6.07, 6.45) is 0. The van der Waals surface area contributed by atoms with Gasteiger partial charge < -0.3 is 10.2 Å². The summed E-state index contributed by atoms with van der Waals surface area (Å²) in [5, 5.41) is 3.49. The SMILES string of the molecule is Cc1ccccc1N(C)CC1CNc2ccccc21. The molecule has 1 heterocycles. The van der Waals surface area contributed by atoms with Crippen molar-refractivity contribution in [2.75, 3.05) is 30.4 Å². The van der Waals surface area contributed by atoms with Crippen LogP contribution in [0.5, 0.6) is 0 Å². The molecule has 0 aliphatic carbocycles. The van der Waals surface area contributed by atoms with E-state index in [4.69, 9.17) is 0 Å². The second-order valence-corrected chi connectivity index (χ2v) is 5.33. The number of para-hydroxylation sites is 2. The first-order chi connectivity index (χ1) is 9.25. The fourth-order valence-electron chi connectivity index (χ4n) is 2.94. The molecule has 19 heavy (non-hydrogen) atoms. The largest absolute Gasteiger partial charge is 0.384 e. The third kappa shape index (κ3) is 2.30. The summed E-state index contributed by atoms with van der Waals surface area (Å²) in [4.78, 5) is 2.36. The Morgan fingerprint density at radius 3 is 2.68 bits per heavy atom. The zero-order chi connectivity index (χ0) is 13.2. The van der Waals surface area contributed by atoms with Gasteiger partial charge in [-0.1, -0.05) is 36.4 Å². The van der Waals surface area contributed by atoms with Crippen molar-refractivity contribution in [1.29, 1.82) is 0 Å². The van der Waals surface area contributed by atoms with Crippen molar-refractivity contribution in [2.24, 2.45) is 0 Å². The fourth-order valence-corrected chi connectivity index (χ4v) is 2.94. The summed E-state index contributed by atoms with van der Waals surface area (Å²) in [5.74, 6) is 0.570. The van der Waals surface area contributed by atoms with Crippen LogP contribution in [0.1, 0.15) is 17.0 Å². The molecule has 0 radical (unpaired) electrons. The van der Waals surface area contributed by atoms with Gasteiger partial charge in [0.05, 0.1) is 0 Å². The van der Waals surface area contributed by atoms with Crippen molar-refractivity contribution < 1.29 is 0 Å². The summed E-state index contributed by atoms with van der Waals surface area (Å²) >= 11 is 0. The maximum absolute atomic E-state index is 3.49. The molecule has 0 spiro atoms. The molecule has 0 fully saturated rings. The molecule has 1 unspecified atom stereocenters. The van der Waals surface area contributed by atoms with Gasteiger partial charge in [0, 0.05) is 37.4 Å². The number of rotatable bonds is 3. The van der Waals surface area contributed by atoms with E-state index >= 15 is 0 Å². The van der Waals surface area contributed by atoms with Crippen LogP contribution in [0.25, 0.3) is 0 Å².